The Bertz CT molecular complexity index is 833. The predicted octanol–water partition coefficient (Wildman–Crippen LogP) is 0.184. The van der Waals surface area contributed by atoms with E-state index in [0.29, 0.717) is 25.4 Å². The minimum atomic E-state index is -0.599. The highest BCUT2D eigenvalue weighted by Crippen LogP contribution is 2.23. The molecule has 1 aliphatic rings. The molecule has 0 saturated carbocycles. The fourth-order valence-corrected chi connectivity index (χ4v) is 3.17. The first-order valence-electron chi connectivity index (χ1n) is 9.14. The number of nitrogens with two attached hydrogens (primary N) is 1. The number of hydrogen-bond acceptors (Lipinski definition) is 11. The molecule has 3 rings (SSSR count). The molecule has 1 aliphatic heterocycles. The second-order valence-electron chi connectivity index (χ2n) is 6.32. The molecular weight excluding hydrogens is 370 g/mol. The molecule has 28 heavy (non-hydrogen) atoms. The minimum Gasteiger partial charge on any atom is -0.466 e. The second-order valence-corrected chi connectivity index (χ2v) is 6.32. The van der Waals surface area contributed by atoms with E-state index >= 15 is 0 Å². The van der Waals surface area contributed by atoms with Crippen LogP contribution < -0.4 is 5.73 Å². The van der Waals surface area contributed by atoms with Gasteiger partial charge in [-0.2, -0.15) is 4.68 Å². The van der Waals surface area contributed by atoms with E-state index in [4.69, 9.17) is 15.2 Å². The van der Waals surface area contributed by atoms with Crippen LogP contribution in [0.25, 0.3) is 5.82 Å². The number of nitrogens with zero attached hydrogens (tertiary/aromatic N) is 6. The maximum absolute atomic E-state index is 12.3. The Hall–Kier alpha value is -3.02. The Balaban J connectivity index is 1.87. The van der Waals surface area contributed by atoms with E-state index in [1.165, 1.54) is 4.68 Å². The van der Waals surface area contributed by atoms with Gasteiger partial charge < -0.3 is 15.2 Å². The molecular formula is C16H23N7O5. The second kappa shape index (κ2) is 8.78. The summed E-state index contributed by atoms with van der Waals surface area (Å²) in [6.07, 6.45) is 1.59. The highest BCUT2D eigenvalue weighted by molar-refractivity contribution is 5.88. The summed E-state index contributed by atoms with van der Waals surface area (Å²) in [5, 5.41) is 15.2. The summed E-state index contributed by atoms with van der Waals surface area (Å²) in [6, 6.07) is 0. The Morgan fingerprint density at radius 1 is 1.25 bits per heavy atom. The maximum atomic E-state index is 12.3. The summed E-state index contributed by atoms with van der Waals surface area (Å²) in [4.78, 5) is 26.5. The number of nitrogen functional groups attached to an aromatic ring is 1. The number of rotatable bonds is 7. The first-order chi connectivity index (χ1) is 13.5. The summed E-state index contributed by atoms with van der Waals surface area (Å²) in [5.74, 6) is -0.878. The fraction of sp³-hybridized carbons (Fsp3) is 0.625. The van der Waals surface area contributed by atoms with Gasteiger partial charge in [0.15, 0.2) is 5.69 Å². The number of carbonyl (C=O) groups is 2. The van der Waals surface area contributed by atoms with E-state index in [2.05, 4.69) is 25.3 Å². The Labute approximate surface area is 160 Å². The summed E-state index contributed by atoms with van der Waals surface area (Å²) < 4.78 is 16.2. The number of likely N-dealkylation sites (tertiary alicyclic amines) is 1. The number of anilines is 1. The summed E-state index contributed by atoms with van der Waals surface area (Å²) in [5.41, 5.74) is 6.26. The largest absolute Gasteiger partial charge is 0.466 e. The van der Waals surface area contributed by atoms with Crippen LogP contribution >= 0.6 is 0 Å². The van der Waals surface area contributed by atoms with Crippen molar-refractivity contribution < 1.29 is 23.7 Å². The van der Waals surface area contributed by atoms with Gasteiger partial charge in [-0.3, -0.25) is 9.69 Å². The van der Waals surface area contributed by atoms with E-state index in [1.807, 2.05) is 4.90 Å². The van der Waals surface area contributed by atoms with Crippen LogP contribution in [-0.2, 0) is 20.8 Å². The van der Waals surface area contributed by atoms with Gasteiger partial charge in [-0.1, -0.05) is 5.21 Å². The van der Waals surface area contributed by atoms with Gasteiger partial charge in [-0.15, -0.1) is 5.10 Å². The van der Waals surface area contributed by atoms with Crippen LogP contribution in [0.15, 0.2) is 4.63 Å². The third-order valence-corrected chi connectivity index (χ3v) is 4.43. The van der Waals surface area contributed by atoms with Crippen LogP contribution in [0.4, 0.5) is 5.82 Å². The molecule has 0 aromatic carbocycles. The highest BCUT2D eigenvalue weighted by Gasteiger charge is 2.31. The molecule has 12 nitrogen and oxygen atoms in total. The number of carbonyl (C=O) groups excluding carboxylic acids is 2. The lowest BCUT2D eigenvalue weighted by Gasteiger charge is -2.31. The average Bonchev–Trinajstić information content (AvgIpc) is 3.28. The molecule has 0 radical (unpaired) electrons. The first kappa shape index (κ1) is 19.7. The van der Waals surface area contributed by atoms with Gasteiger partial charge >= 0.3 is 11.9 Å². The van der Waals surface area contributed by atoms with Crippen molar-refractivity contribution in [3.05, 3.63) is 11.4 Å². The van der Waals surface area contributed by atoms with Crippen LogP contribution in [0.2, 0.25) is 0 Å². The first-order valence-corrected chi connectivity index (χ1v) is 9.14. The van der Waals surface area contributed by atoms with Gasteiger partial charge in [0.25, 0.3) is 0 Å². The van der Waals surface area contributed by atoms with Crippen molar-refractivity contribution >= 4 is 17.8 Å². The lowest BCUT2D eigenvalue weighted by molar-refractivity contribution is -0.150. The highest BCUT2D eigenvalue weighted by atomic mass is 16.6. The standard InChI is InChI=1S/C16H23N7O5/c1-3-26-15(24)10-6-5-7-22(8-10)9-11-12(16(25)27-4-2)18-21-23(11)14-13(17)19-28-20-14/h10H,3-9H2,1-2H3,(H2,17,19). The van der Waals surface area contributed by atoms with Crippen molar-refractivity contribution in [3.8, 4) is 5.82 Å². The molecule has 3 heterocycles. The van der Waals surface area contributed by atoms with Crippen LogP contribution in [0.5, 0.6) is 0 Å². The van der Waals surface area contributed by atoms with Gasteiger partial charge in [0.2, 0.25) is 11.6 Å². The third kappa shape index (κ3) is 4.11. The predicted molar refractivity (Wildman–Crippen MR) is 94.2 cm³/mol. The number of ether oxygens (including phenoxy) is 2. The van der Waals surface area contributed by atoms with Gasteiger partial charge in [-0.05, 0) is 43.5 Å². The smallest absolute Gasteiger partial charge is 0.360 e. The molecule has 1 fully saturated rings. The Kier molecular flexibility index (Phi) is 6.19. The third-order valence-electron chi connectivity index (χ3n) is 4.43. The Morgan fingerprint density at radius 2 is 2.04 bits per heavy atom. The average molecular weight is 393 g/mol. The quantitative estimate of drug-likeness (QED) is 0.641. The lowest BCUT2D eigenvalue weighted by Crippen LogP contribution is -2.39. The SMILES string of the molecule is CCOC(=O)c1nnn(-c2nonc2N)c1CN1CCCC(C(=O)OCC)C1. The van der Waals surface area contributed by atoms with Crippen LogP contribution in [-0.4, -0.2) is 68.4 Å². The maximum Gasteiger partial charge on any atom is 0.360 e. The molecule has 2 aromatic rings. The van der Waals surface area contributed by atoms with Crippen molar-refractivity contribution in [3.63, 3.8) is 0 Å². The molecule has 0 spiro atoms. The number of hydrogen-bond donors (Lipinski definition) is 1. The zero-order valence-electron chi connectivity index (χ0n) is 15.8. The van der Waals surface area contributed by atoms with Crippen LogP contribution in [0, 0.1) is 5.92 Å². The molecule has 0 amide bonds. The molecule has 2 N–H and O–H groups in total. The molecule has 2 aromatic heterocycles. The number of esters is 2. The van der Waals surface area contributed by atoms with E-state index in [1.54, 1.807) is 13.8 Å². The van der Waals surface area contributed by atoms with Crippen molar-refractivity contribution in [2.45, 2.75) is 33.2 Å². The van der Waals surface area contributed by atoms with Crippen molar-refractivity contribution in [2.24, 2.45) is 5.92 Å². The monoisotopic (exact) mass is 393 g/mol. The molecule has 152 valence electrons. The van der Waals surface area contributed by atoms with E-state index in [9.17, 15) is 9.59 Å². The summed E-state index contributed by atoms with van der Waals surface area (Å²) in [6.45, 7) is 5.57. The van der Waals surface area contributed by atoms with Crippen molar-refractivity contribution in [1.82, 2.24) is 30.2 Å². The van der Waals surface area contributed by atoms with Gasteiger partial charge in [0.1, 0.15) is 0 Å². The molecule has 0 aliphatic carbocycles. The van der Waals surface area contributed by atoms with Crippen LogP contribution in [0.1, 0.15) is 42.9 Å². The van der Waals surface area contributed by atoms with Gasteiger partial charge in [-0.25, -0.2) is 9.42 Å². The van der Waals surface area contributed by atoms with E-state index in [-0.39, 0.29) is 35.8 Å². The number of piperidine rings is 1. The molecule has 0 bridgehead atoms. The molecule has 12 heteroatoms. The summed E-state index contributed by atoms with van der Waals surface area (Å²) in [7, 11) is 0. The zero-order chi connectivity index (χ0) is 20.1. The normalized spacial score (nSPS) is 17.4. The molecule has 1 atom stereocenters. The zero-order valence-corrected chi connectivity index (χ0v) is 15.8. The summed E-state index contributed by atoms with van der Waals surface area (Å²) >= 11 is 0. The fourth-order valence-electron chi connectivity index (χ4n) is 3.17. The van der Waals surface area contributed by atoms with E-state index in [0.717, 1.165) is 19.4 Å². The van der Waals surface area contributed by atoms with E-state index < -0.39 is 5.97 Å². The Morgan fingerprint density at radius 3 is 2.71 bits per heavy atom. The lowest BCUT2D eigenvalue weighted by atomic mass is 9.98. The molecule has 1 unspecified atom stereocenters. The topological polar surface area (TPSA) is 151 Å². The number of aromatic nitrogens is 5. The minimum absolute atomic E-state index is 0.0182. The van der Waals surface area contributed by atoms with Crippen molar-refractivity contribution in [1.29, 1.82) is 0 Å². The van der Waals surface area contributed by atoms with Crippen LogP contribution in [0.3, 0.4) is 0 Å². The van der Waals surface area contributed by atoms with Gasteiger partial charge in [0, 0.05) is 13.1 Å². The molecule has 1 saturated heterocycles. The van der Waals surface area contributed by atoms with Crippen molar-refractivity contribution in [2.75, 3.05) is 32.0 Å². The van der Waals surface area contributed by atoms with Gasteiger partial charge in [0.05, 0.1) is 24.8 Å².